The van der Waals surface area contributed by atoms with Crippen LogP contribution in [0.5, 0.6) is 0 Å². The molecule has 2 aromatic carbocycles. The molecule has 3 nitrogen and oxygen atoms in total. The normalized spacial score (nSPS) is 17.4. The van der Waals surface area contributed by atoms with Crippen molar-refractivity contribution in [1.82, 2.24) is 4.90 Å². The van der Waals surface area contributed by atoms with Gasteiger partial charge in [-0.15, -0.1) is 0 Å². The Morgan fingerprint density at radius 1 is 1.19 bits per heavy atom. The zero-order valence-corrected chi connectivity index (χ0v) is 15.4. The first kappa shape index (κ1) is 19.1. The molecule has 138 valence electrons. The first-order valence-corrected chi connectivity index (χ1v) is 8.99. The number of benzene rings is 2. The van der Waals surface area contributed by atoms with Gasteiger partial charge in [0.2, 0.25) is 0 Å². The summed E-state index contributed by atoms with van der Waals surface area (Å²) in [6.07, 6.45) is 1.25. The molecule has 0 aromatic heterocycles. The molecule has 0 spiro atoms. The monoisotopic (exact) mass is 399 g/mol. The van der Waals surface area contributed by atoms with Crippen molar-refractivity contribution in [2.45, 2.75) is 25.6 Å². The second kappa shape index (κ2) is 8.33. The SMILES string of the molecule is O=C(c1ccc(Cl)cc1Cl)N1CCCC(OCc2cc(F)ccc2F)C1. The molecule has 3 rings (SSSR count). The fourth-order valence-corrected chi connectivity index (χ4v) is 3.44. The third-order valence-electron chi connectivity index (χ3n) is 4.31. The van der Waals surface area contributed by atoms with Crippen molar-refractivity contribution >= 4 is 29.1 Å². The van der Waals surface area contributed by atoms with Gasteiger partial charge >= 0.3 is 0 Å². The van der Waals surface area contributed by atoms with Crippen molar-refractivity contribution in [3.05, 3.63) is 69.2 Å². The van der Waals surface area contributed by atoms with Gasteiger partial charge in [0.05, 0.1) is 23.3 Å². The highest BCUT2D eigenvalue weighted by atomic mass is 35.5. The molecule has 1 fully saturated rings. The molecule has 0 saturated carbocycles. The van der Waals surface area contributed by atoms with Crippen LogP contribution in [-0.4, -0.2) is 30.0 Å². The summed E-state index contributed by atoms with van der Waals surface area (Å²) in [4.78, 5) is 14.3. The number of carbonyl (C=O) groups is 1. The molecule has 1 aliphatic rings. The highest BCUT2D eigenvalue weighted by Gasteiger charge is 2.26. The number of likely N-dealkylation sites (tertiary alicyclic amines) is 1. The van der Waals surface area contributed by atoms with E-state index in [9.17, 15) is 13.6 Å². The van der Waals surface area contributed by atoms with E-state index in [0.29, 0.717) is 28.7 Å². The van der Waals surface area contributed by atoms with Gasteiger partial charge in [-0.05, 0) is 49.2 Å². The minimum Gasteiger partial charge on any atom is -0.372 e. The van der Waals surface area contributed by atoms with Crippen molar-refractivity contribution in [1.29, 1.82) is 0 Å². The fourth-order valence-electron chi connectivity index (χ4n) is 2.95. The van der Waals surface area contributed by atoms with E-state index < -0.39 is 11.6 Å². The Bertz CT molecular complexity index is 816. The molecule has 0 N–H and O–H groups in total. The quantitative estimate of drug-likeness (QED) is 0.716. The molecule has 1 amide bonds. The maximum atomic E-state index is 13.7. The largest absolute Gasteiger partial charge is 0.372 e. The van der Waals surface area contributed by atoms with Crippen LogP contribution in [0.15, 0.2) is 36.4 Å². The minimum absolute atomic E-state index is 0.0437. The Balaban J connectivity index is 1.63. The average Bonchev–Trinajstić information content (AvgIpc) is 2.62. The van der Waals surface area contributed by atoms with E-state index in [-0.39, 0.29) is 24.2 Å². The molecular weight excluding hydrogens is 383 g/mol. The van der Waals surface area contributed by atoms with Crippen LogP contribution in [-0.2, 0) is 11.3 Å². The summed E-state index contributed by atoms with van der Waals surface area (Å²) >= 11 is 12.0. The van der Waals surface area contributed by atoms with Gasteiger partial charge in [0.15, 0.2) is 0 Å². The average molecular weight is 400 g/mol. The second-order valence-corrected chi connectivity index (χ2v) is 7.03. The number of rotatable bonds is 4. The van der Waals surface area contributed by atoms with Crippen molar-refractivity contribution in [2.24, 2.45) is 0 Å². The number of amides is 1. The highest BCUT2D eigenvalue weighted by Crippen LogP contribution is 2.24. The lowest BCUT2D eigenvalue weighted by Crippen LogP contribution is -2.43. The van der Waals surface area contributed by atoms with Gasteiger partial charge in [0.25, 0.3) is 5.91 Å². The third kappa shape index (κ3) is 4.53. The molecule has 1 atom stereocenters. The number of nitrogens with zero attached hydrogens (tertiary/aromatic N) is 1. The second-order valence-electron chi connectivity index (χ2n) is 6.19. The number of carbonyl (C=O) groups excluding carboxylic acids is 1. The van der Waals surface area contributed by atoms with Gasteiger partial charge in [0, 0.05) is 23.7 Å². The summed E-state index contributed by atoms with van der Waals surface area (Å²) in [5, 5.41) is 0.760. The summed E-state index contributed by atoms with van der Waals surface area (Å²) in [7, 11) is 0. The van der Waals surface area contributed by atoms with E-state index in [2.05, 4.69) is 0 Å². The zero-order chi connectivity index (χ0) is 18.7. The van der Waals surface area contributed by atoms with Crippen LogP contribution in [0.1, 0.15) is 28.8 Å². The highest BCUT2D eigenvalue weighted by molar-refractivity contribution is 6.36. The maximum absolute atomic E-state index is 13.7. The van der Waals surface area contributed by atoms with Crippen molar-refractivity contribution in [3.8, 4) is 0 Å². The van der Waals surface area contributed by atoms with Gasteiger partial charge in [-0.25, -0.2) is 8.78 Å². The third-order valence-corrected chi connectivity index (χ3v) is 4.86. The van der Waals surface area contributed by atoms with Crippen LogP contribution in [0, 0.1) is 11.6 Å². The lowest BCUT2D eigenvalue weighted by atomic mass is 10.1. The summed E-state index contributed by atoms with van der Waals surface area (Å²) in [5.74, 6) is -1.22. The lowest BCUT2D eigenvalue weighted by Gasteiger charge is -2.33. The standard InChI is InChI=1S/C19H17Cl2F2NO2/c20-13-3-5-16(17(21)9-13)19(25)24-7-1-2-15(10-24)26-11-12-8-14(22)4-6-18(12)23/h3-6,8-9,15H,1-2,7,10-11H2. The first-order chi connectivity index (χ1) is 12.4. The molecule has 1 heterocycles. The Kier molecular flexibility index (Phi) is 6.12. The van der Waals surface area contributed by atoms with Gasteiger partial charge < -0.3 is 9.64 Å². The number of piperidine rings is 1. The lowest BCUT2D eigenvalue weighted by molar-refractivity contribution is -0.00769. The zero-order valence-electron chi connectivity index (χ0n) is 13.9. The molecule has 1 unspecified atom stereocenters. The Morgan fingerprint density at radius 3 is 2.77 bits per heavy atom. The van der Waals surface area contributed by atoms with E-state index in [1.165, 1.54) is 6.07 Å². The van der Waals surface area contributed by atoms with Gasteiger partial charge in [-0.3, -0.25) is 4.79 Å². The van der Waals surface area contributed by atoms with Crippen LogP contribution < -0.4 is 0 Å². The van der Waals surface area contributed by atoms with Gasteiger partial charge in [-0.1, -0.05) is 23.2 Å². The van der Waals surface area contributed by atoms with Gasteiger partial charge in [-0.2, -0.15) is 0 Å². The fraction of sp³-hybridized carbons (Fsp3) is 0.316. The molecule has 0 aliphatic carbocycles. The van der Waals surface area contributed by atoms with Crippen LogP contribution in [0.2, 0.25) is 10.0 Å². The Labute approximate surface area is 160 Å². The molecule has 7 heteroatoms. The van der Waals surface area contributed by atoms with Crippen molar-refractivity contribution in [2.75, 3.05) is 13.1 Å². The van der Waals surface area contributed by atoms with Crippen molar-refractivity contribution < 1.29 is 18.3 Å². The summed E-state index contributed by atoms with van der Waals surface area (Å²) in [6, 6.07) is 8.00. The predicted molar refractivity (Wildman–Crippen MR) is 96.5 cm³/mol. The molecule has 0 bridgehead atoms. The number of hydrogen-bond donors (Lipinski definition) is 0. The topological polar surface area (TPSA) is 29.5 Å². The van der Waals surface area contributed by atoms with Crippen LogP contribution in [0.4, 0.5) is 8.78 Å². The molecule has 1 saturated heterocycles. The summed E-state index contributed by atoms with van der Waals surface area (Å²) in [5.41, 5.74) is 0.544. The van der Waals surface area contributed by atoms with Crippen LogP contribution in [0.25, 0.3) is 0 Å². The van der Waals surface area contributed by atoms with E-state index in [4.69, 9.17) is 27.9 Å². The molecule has 1 aliphatic heterocycles. The van der Waals surface area contributed by atoms with Crippen LogP contribution >= 0.6 is 23.2 Å². The van der Waals surface area contributed by atoms with Crippen molar-refractivity contribution in [3.63, 3.8) is 0 Å². The molecule has 26 heavy (non-hydrogen) atoms. The van der Waals surface area contributed by atoms with E-state index in [0.717, 1.165) is 31.0 Å². The van der Waals surface area contributed by atoms with E-state index >= 15 is 0 Å². The first-order valence-electron chi connectivity index (χ1n) is 8.24. The maximum Gasteiger partial charge on any atom is 0.255 e. The molecule has 0 radical (unpaired) electrons. The van der Waals surface area contributed by atoms with E-state index in [1.54, 1.807) is 17.0 Å². The molecular formula is C19H17Cl2F2NO2. The summed E-state index contributed by atoms with van der Waals surface area (Å²) < 4.78 is 32.6. The van der Waals surface area contributed by atoms with Gasteiger partial charge in [0.1, 0.15) is 11.6 Å². The number of halogens is 4. The Morgan fingerprint density at radius 2 is 2.00 bits per heavy atom. The summed E-state index contributed by atoms with van der Waals surface area (Å²) in [6.45, 7) is 0.915. The van der Waals surface area contributed by atoms with E-state index in [1.807, 2.05) is 0 Å². The number of ether oxygens (including phenoxy) is 1. The minimum atomic E-state index is -0.511. The number of hydrogen-bond acceptors (Lipinski definition) is 2. The van der Waals surface area contributed by atoms with Crippen LogP contribution in [0.3, 0.4) is 0 Å². The predicted octanol–water partition coefficient (Wildman–Crippen LogP) is 5.09. The molecule has 2 aromatic rings. The Hall–Kier alpha value is -1.69. The smallest absolute Gasteiger partial charge is 0.255 e.